The fraction of sp³-hybridized carbons (Fsp3) is 0.800. The van der Waals surface area contributed by atoms with Crippen molar-refractivity contribution in [1.82, 2.24) is 10.6 Å². The minimum absolute atomic E-state index is 0.186. The quantitative estimate of drug-likeness (QED) is 0.646. The number of hydrogen-bond acceptors (Lipinski definition) is 3. The molecule has 2 unspecified atom stereocenters. The highest BCUT2D eigenvalue weighted by Crippen LogP contribution is 2.10. The molecule has 1 saturated heterocycles. The van der Waals surface area contributed by atoms with Crippen LogP contribution in [0.15, 0.2) is 0 Å². The third-order valence-corrected chi connectivity index (χ3v) is 2.47. The van der Waals surface area contributed by atoms with E-state index in [1.165, 1.54) is 0 Å². The van der Waals surface area contributed by atoms with E-state index in [1.807, 2.05) is 20.8 Å². The summed E-state index contributed by atoms with van der Waals surface area (Å²) in [6, 6.07) is -0.436. The second-order valence-corrected chi connectivity index (χ2v) is 4.08. The maximum absolute atomic E-state index is 11.4. The van der Waals surface area contributed by atoms with Gasteiger partial charge in [-0.1, -0.05) is 27.2 Å². The van der Waals surface area contributed by atoms with E-state index in [4.69, 9.17) is 0 Å². The Morgan fingerprint density at radius 1 is 1.29 bits per heavy atom. The molecule has 0 aromatic carbocycles. The van der Waals surface area contributed by atoms with Gasteiger partial charge in [-0.25, -0.2) is 0 Å². The summed E-state index contributed by atoms with van der Waals surface area (Å²) < 4.78 is 0. The standard InChI is InChI=1S/C10H18N2O2/c1-4-5-7-9(13)12-10(14)8(11-7)6(2)3/h6-8,11H,4-5H2,1-3H3,(H,12,13,14). The Kier molecular flexibility index (Phi) is 3.63. The van der Waals surface area contributed by atoms with Crippen LogP contribution in [0, 0.1) is 5.92 Å². The zero-order chi connectivity index (χ0) is 10.7. The predicted molar refractivity (Wildman–Crippen MR) is 53.6 cm³/mol. The predicted octanol–water partition coefficient (Wildman–Crippen LogP) is 0.426. The zero-order valence-electron chi connectivity index (χ0n) is 8.96. The molecule has 2 atom stereocenters. The molecular formula is C10H18N2O2. The first-order valence-electron chi connectivity index (χ1n) is 5.17. The molecule has 0 aromatic heterocycles. The van der Waals surface area contributed by atoms with Crippen LogP contribution in [-0.2, 0) is 9.59 Å². The molecule has 1 aliphatic rings. The maximum Gasteiger partial charge on any atom is 0.244 e. The van der Waals surface area contributed by atoms with Crippen molar-refractivity contribution in [2.75, 3.05) is 0 Å². The molecule has 0 aromatic rings. The summed E-state index contributed by atoms with van der Waals surface area (Å²) in [5.41, 5.74) is 0. The minimum Gasteiger partial charge on any atom is -0.294 e. The molecule has 1 aliphatic heterocycles. The summed E-state index contributed by atoms with van der Waals surface area (Å²) in [5, 5.41) is 5.50. The van der Waals surface area contributed by atoms with Crippen LogP contribution in [0.25, 0.3) is 0 Å². The van der Waals surface area contributed by atoms with E-state index in [2.05, 4.69) is 10.6 Å². The van der Waals surface area contributed by atoms with Crippen molar-refractivity contribution in [2.45, 2.75) is 45.7 Å². The topological polar surface area (TPSA) is 58.2 Å². The Morgan fingerprint density at radius 2 is 1.93 bits per heavy atom. The zero-order valence-corrected chi connectivity index (χ0v) is 8.96. The molecule has 1 heterocycles. The summed E-state index contributed by atoms with van der Waals surface area (Å²) in [6.07, 6.45) is 1.71. The van der Waals surface area contributed by atoms with Crippen molar-refractivity contribution in [3.63, 3.8) is 0 Å². The van der Waals surface area contributed by atoms with Gasteiger partial charge in [0.2, 0.25) is 11.8 Å². The van der Waals surface area contributed by atoms with E-state index in [0.717, 1.165) is 12.8 Å². The normalized spacial score (nSPS) is 28.0. The molecule has 0 radical (unpaired) electrons. The first-order chi connectivity index (χ1) is 6.56. The fourth-order valence-corrected chi connectivity index (χ4v) is 1.65. The summed E-state index contributed by atoms with van der Waals surface area (Å²) >= 11 is 0. The summed E-state index contributed by atoms with van der Waals surface area (Å²) in [6.45, 7) is 5.96. The minimum atomic E-state index is -0.232. The van der Waals surface area contributed by atoms with Gasteiger partial charge in [0.15, 0.2) is 0 Å². The molecule has 0 aliphatic carbocycles. The van der Waals surface area contributed by atoms with Gasteiger partial charge in [-0.05, 0) is 12.3 Å². The summed E-state index contributed by atoms with van der Waals surface area (Å²) in [7, 11) is 0. The Labute approximate surface area is 84.4 Å². The molecule has 0 saturated carbocycles. The Balaban J connectivity index is 2.65. The molecule has 1 fully saturated rings. The molecule has 80 valence electrons. The number of carbonyl (C=O) groups excluding carboxylic acids is 2. The van der Waals surface area contributed by atoms with Crippen LogP contribution in [0.2, 0.25) is 0 Å². The monoisotopic (exact) mass is 198 g/mol. The van der Waals surface area contributed by atoms with Gasteiger partial charge < -0.3 is 0 Å². The lowest BCUT2D eigenvalue weighted by Gasteiger charge is -2.31. The molecule has 1 rings (SSSR count). The smallest absolute Gasteiger partial charge is 0.244 e. The summed E-state index contributed by atoms with van der Waals surface area (Å²) in [5.74, 6) is -0.173. The number of imide groups is 1. The summed E-state index contributed by atoms with van der Waals surface area (Å²) in [4.78, 5) is 22.8. The van der Waals surface area contributed by atoms with E-state index in [1.54, 1.807) is 0 Å². The van der Waals surface area contributed by atoms with E-state index in [9.17, 15) is 9.59 Å². The molecule has 0 spiro atoms. The Hall–Kier alpha value is -0.900. The Bertz CT molecular complexity index is 238. The number of nitrogens with one attached hydrogen (secondary N) is 2. The number of hydrogen-bond donors (Lipinski definition) is 2. The molecule has 2 amide bonds. The third-order valence-electron chi connectivity index (χ3n) is 2.47. The largest absolute Gasteiger partial charge is 0.294 e. The molecular weight excluding hydrogens is 180 g/mol. The van der Waals surface area contributed by atoms with Crippen molar-refractivity contribution in [3.8, 4) is 0 Å². The maximum atomic E-state index is 11.4. The second-order valence-electron chi connectivity index (χ2n) is 4.08. The van der Waals surface area contributed by atoms with Crippen LogP contribution in [0.1, 0.15) is 33.6 Å². The number of piperazine rings is 1. The average Bonchev–Trinajstić information content (AvgIpc) is 2.09. The van der Waals surface area contributed by atoms with Crippen molar-refractivity contribution >= 4 is 11.8 Å². The number of carbonyl (C=O) groups is 2. The van der Waals surface area contributed by atoms with Gasteiger partial charge in [-0.3, -0.25) is 20.2 Å². The van der Waals surface area contributed by atoms with Gasteiger partial charge in [-0.2, -0.15) is 0 Å². The first kappa shape index (κ1) is 11.2. The van der Waals surface area contributed by atoms with E-state index >= 15 is 0 Å². The van der Waals surface area contributed by atoms with Crippen LogP contribution in [0.3, 0.4) is 0 Å². The van der Waals surface area contributed by atoms with Crippen LogP contribution in [0.4, 0.5) is 0 Å². The third kappa shape index (κ3) is 2.32. The average molecular weight is 198 g/mol. The first-order valence-corrected chi connectivity index (χ1v) is 5.17. The molecule has 0 bridgehead atoms. The molecule has 4 heteroatoms. The lowest BCUT2D eigenvalue weighted by molar-refractivity contribution is -0.137. The second kappa shape index (κ2) is 4.55. The van der Waals surface area contributed by atoms with Crippen LogP contribution >= 0.6 is 0 Å². The highest BCUT2D eigenvalue weighted by molar-refractivity contribution is 6.02. The van der Waals surface area contributed by atoms with Gasteiger partial charge in [0.05, 0.1) is 12.1 Å². The Morgan fingerprint density at radius 3 is 2.43 bits per heavy atom. The number of amides is 2. The highest BCUT2D eigenvalue weighted by atomic mass is 16.2. The van der Waals surface area contributed by atoms with Crippen molar-refractivity contribution in [1.29, 1.82) is 0 Å². The van der Waals surface area contributed by atoms with Crippen molar-refractivity contribution < 1.29 is 9.59 Å². The van der Waals surface area contributed by atoms with Crippen molar-refractivity contribution in [3.05, 3.63) is 0 Å². The van der Waals surface area contributed by atoms with Gasteiger partial charge in [0.25, 0.3) is 0 Å². The van der Waals surface area contributed by atoms with Gasteiger partial charge in [0, 0.05) is 0 Å². The van der Waals surface area contributed by atoms with Crippen molar-refractivity contribution in [2.24, 2.45) is 5.92 Å². The number of rotatable bonds is 3. The van der Waals surface area contributed by atoms with E-state index in [-0.39, 0.29) is 29.8 Å². The molecule has 4 nitrogen and oxygen atoms in total. The van der Waals surface area contributed by atoms with Crippen LogP contribution < -0.4 is 10.6 Å². The highest BCUT2D eigenvalue weighted by Gasteiger charge is 2.34. The molecule has 14 heavy (non-hydrogen) atoms. The van der Waals surface area contributed by atoms with Gasteiger partial charge in [0.1, 0.15) is 0 Å². The van der Waals surface area contributed by atoms with E-state index in [0.29, 0.717) is 0 Å². The van der Waals surface area contributed by atoms with Crippen LogP contribution in [-0.4, -0.2) is 23.9 Å². The van der Waals surface area contributed by atoms with Gasteiger partial charge in [-0.15, -0.1) is 0 Å². The van der Waals surface area contributed by atoms with E-state index < -0.39 is 0 Å². The van der Waals surface area contributed by atoms with Crippen LogP contribution in [0.5, 0.6) is 0 Å². The molecule has 2 N–H and O–H groups in total. The fourth-order valence-electron chi connectivity index (χ4n) is 1.65. The lowest BCUT2D eigenvalue weighted by Crippen LogP contribution is -2.63. The SMILES string of the molecule is CCCC1NC(C(C)C)C(=O)NC1=O. The lowest BCUT2D eigenvalue weighted by atomic mass is 9.98. The van der Waals surface area contributed by atoms with Gasteiger partial charge >= 0.3 is 0 Å².